The number of para-hydroxylation sites is 1. The van der Waals surface area contributed by atoms with Crippen LogP contribution >= 0.6 is 0 Å². The second-order valence-electron chi connectivity index (χ2n) is 4.88. The molecule has 0 bridgehead atoms. The van der Waals surface area contributed by atoms with E-state index in [1.807, 2.05) is 0 Å². The minimum Gasteiger partial charge on any atom is -0.481 e. The number of carbonyl (C=O) groups is 1. The molecule has 0 saturated heterocycles. The Morgan fingerprint density at radius 1 is 1.32 bits per heavy atom. The van der Waals surface area contributed by atoms with E-state index in [1.165, 1.54) is 0 Å². The van der Waals surface area contributed by atoms with Gasteiger partial charge >= 0.3 is 5.97 Å². The minimum atomic E-state index is -3.33. The lowest BCUT2D eigenvalue weighted by Crippen LogP contribution is -2.18. The third-order valence-electron chi connectivity index (χ3n) is 3.04. The largest absolute Gasteiger partial charge is 0.481 e. The molecule has 0 unspecified atom stereocenters. The molecule has 0 atom stereocenters. The van der Waals surface area contributed by atoms with Crippen molar-refractivity contribution < 1.29 is 18.3 Å². The second-order valence-corrected chi connectivity index (χ2v) is 6.64. The lowest BCUT2D eigenvalue weighted by atomic mass is 10.1. The highest BCUT2D eigenvalue weighted by atomic mass is 32.2. The van der Waals surface area contributed by atoms with Crippen LogP contribution in [-0.2, 0) is 21.2 Å². The van der Waals surface area contributed by atoms with Gasteiger partial charge in [0.2, 0.25) is 10.0 Å². The number of aliphatic carboxylic acids is 1. The van der Waals surface area contributed by atoms with E-state index in [0.717, 1.165) is 12.8 Å². The van der Waals surface area contributed by atoms with Gasteiger partial charge in [-0.3, -0.25) is 9.52 Å². The molecule has 1 aliphatic rings. The van der Waals surface area contributed by atoms with Gasteiger partial charge in [0.05, 0.1) is 11.4 Å². The van der Waals surface area contributed by atoms with Crippen molar-refractivity contribution in [2.75, 3.05) is 10.5 Å². The lowest BCUT2D eigenvalue weighted by Gasteiger charge is -2.11. The summed E-state index contributed by atoms with van der Waals surface area (Å²) in [6.45, 7) is 0. The van der Waals surface area contributed by atoms with E-state index >= 15 is 0 Å². The smallest absolute Gasteiger partial charge is 0.303 e. The highest BCUT2D eigenvalue weighted by molar-refractivity contribution is 7.92. The van der Waals surface area contributed by atoms with Gasteiger partial charge < -0.3 is 5.11 Å². The minimum absolute atomic E-state index is 0.0125. The highest BCUT2D eigenvalue weighted by Crippen LogP contribution is 2.31. The number of anilines is 1. The third kappa shape index (κ3) is 4.55. The summed E-state index contributed by atoms with van der Waals surface area (Å²) in [5, 5.41) is 8.69. The first-order chi connectivity index (χ1) is 8.96. The van der Waals surface area contributed by atoms with E-state index in [-0.39, 0.29) is 18.1 Å². The van der Waals surface area contributed by atoms with Gasteiger partial charge in [0.15, 0.2) is 0 Å². The van der Waals surface area contributed by atoms with Crippen LogP contribution in [0.2, 0.25) is 0 Å². The Balaban J connectivity index is 2.08. The van der Waals surface area contributed by atoms with Crippen molar-refractivity contribution in [3.63, 3.8) is 0 Å². The summed E-state index contributed by atoms with van der Waals surface area (Å²) in [6, 6.07) is 6.93. The molecular weight excluding hydrogens is 266 g/mol. The number of rotatable bonds is 7. The third-order valence-corrected chi connectivity index (χ3v) is 4.48. The van der Waals surface area contributed by atoms with Gasteiger partial charge in [-0.1, -0.05) is 18.2 Å². The number of carboxylic acid groups (broad SMARTS) is 1. The van der Waals surface area contributed by atoms with Crippen molar-refractivity contribution in [3.05, 3.63) is 29.8 Å². The Bertz CT molecular complexity index is 564. The first-order valence-electron chi connectivity index (χ1n) is 6.26. The Hall–Kier alpha value is -1.56. The number of carboxylic acids is 1. The molecule has 1 aromatic rings. The summed E-state index contributed by atoms with van der Waals surface area (Å²) < 4.78 is 26.4. The number of hydrogen-bond donors (Lipinski definition) is 2. The number of benzene rings is 1. The zero-order chi connectivity index (χ0) is 13.9. The van der Waals surface area contributed by atoms with Gasteiger partial charge in [0, 0.05) is 6.42 Å². The fourth-order valence-corrected chi connectivity index (χ4v) is 3.45. The summed E-state index contributed by atoms with van der Waals surface area (Å²) in [5.41, 5.74) is 1.20. The van der Waals surface area contributed by atoms with Gasteiger partial charge in [0.1, 0.15) is 0 Å². The van der Waals surface area contributed by atoms with Crippen molar-refractivity contribution in [2.24, 2.45) is 5.92 Å². The van der Waals surface area contributed by atoms with Crippen molar-refractivity contribution >= 4 is 21.7 Å². The molecule has 0 aromatic heterocycles. The molecule has 104 valence electrons. The summed E-state index contributed by atoms with van der Waals surface area (Å²) in [5.74, 6) is -0.459. The predicted molar refractivity (Wildman–Crippen MR) is 72.5 cm³/mol. The van der Waals surface area contributed by atoms with Crippen LogP contribution in [0.1, 0.15) is 24.8 Å². The first kappa shape index (κ1) is 13.9. The molecule has 0 spiro atoms. The Morgan fingerprint density at radius 2 is 2.00 bits per heavy atom. The number of sulfonamides is 1. The number of nitrogens with one attached hydrogen (secondary N) is 1. The second kappa shape index (κ2) is 5.61. The highest BCUT2D eigenvalue weighted by Gasteiger charge is 2.28. The molecule has 0 aliphatic heterocycles. The van der Waals surface area contributed by atoms with Crippen LogP contribution in [-0.4, -0.2) is 25.2 Å². The fraction of sp³-hybridized carbons (Fsp3) is 0.462. The monoisotopic (exact) mass is 283 g/mol. The zero-order valence-corrected chi connectivity index (χ0v) is 11.3. The Labute approximate surface area is 112 Å². The quantitative estimate of drug-likeness (QED) is 0.800. The van der Waals surface area contributed by atoms with Crippen molar-refractivity contribution in [3.8, 4) is 0 Å². The van der Waals surface area contributed by atoms with Crippen molar-refractivity contribution in [2.45, 2.75) is 25.7 Å². The van der Waals surface area contributed by atoms with Gasteiger partial charge in [-0.05, 0) is 36.8 Å². The van der Waals surface area contributed by atoms with Gasteiger partial charge in [0.25, 0.3) is 0 Å². The molecule has 1 saturated carbocycles. The maximum Gasteiger partial charge on any atom is 0.303 e. The molecule has 2 rings (SSSR count). The molecule has 19 heavy (non-hydrogen) atoms. The summed E-state index contributed by atoms with van der Waals surface area (Å²) in [6.07, 6.45) is 2.25. The Morgan fingerprint density at radius 3 is 2.63 bits per heavy atom. The average Bonchev–Trinajstić information content (AvgIpc) is 3.10. The molecule has 2 N–H and O–H groups in total. The first-order valence-corrected chi connectivity index (χ1v) is 7.92. The van der Waals surface area contributed by atoms with Crippen molar-refractivity contribution in [1.82, 2.24) is 0 Å². The van der Waals surface area contributed by atoms with Crippen LogP contribution in [0.3, 0.4) is 0 Å². The van der Waals surface area contributed by atoms with Crippen LogP contribution in [0.5, 0.6) is 0 Å². The van der Waals surface area contributed by atoms with Crippen LogP contribution in [0, 0.1) is 5.92 Å². The van der Waals surface area contributed by atoms with E-state index in [0.29, 0.717) is 17.7 Å². The number of hydrogen-bond acceptors (Lipinski definition) is 3. The van der Waals surface area contributed by atoms with Gasteiger partial charge in [-0.25, -0.2) is 8.42 Å². The zero-order valence-electron chi connectivity index (χ0n) is 10.5. The van der Waals surface area contributed by atoms with E-state index in [4.69, 9.17) is 5.11 Å². The Kier molecular flexibility index (Phi) is 4.09. The van der Waals surface area contributed by atoms with E-state index < -0.39 is 16.0 Å². The molecular formula is C13H17NO4S. The van der Waals surface area contributed by atoms with Gasteiger partial charge in [-0.2, -0.15) is 0 Å². The molecule has 1 fully saturated rings. The summed E-state index contributed by atoms with van der Waals surface area (Å²) in [4.78, 5) is 10.6. The van der Waals surface area contributed by atoms with Crippen molar-refractivity contribution in [1.29, 1.82) is 0 Å². The molecule has 1 aliphatic carbocycles. The average molecular weight is 283 g/mol. The van der Waals surface area contributed by atoms with Crippen LogP contribution in [0.4, 0.5) is 5.69 Å². The SMILES string of the molecule is O=C(O)CCc1ccccc1NS(=O)(=O)CC1CC1. The van der Waals surface area contributed by atoms with Crippen LogP contribution < -0.4 is 4.72 Å². The molecule has 0 radical (unpaired) electrons. The van der Waals surface area contributed by atoms with Gasteiger partial charge in [-0.15, -0.1) is 0 Å². The fourth-order valence-electron chi connectivity index (χ4n) is 1.88. The van der Waals surface area contributed by atoms with Crippen LogP contribution in [0.15, 0.2) is 24.3 Å². The van der Waals surface area contributed by atoms with E-state index in [9.17, 15) is 13.2 Å². The molecule has 1 aromatic carbocycles. The predicted octanol–water partition coefficient (Wildman–Crippen LogP) is 1.86. The normalized spacial score (nSPS) is 15.2. The standard InChI is InChI=1S/C13H17NO4S/c15-13(16)8-7-11-3-1-2-4-12(11)14-19(17,18)9-10-5-6-10/h1-4,10,14H,5-9H2,(H,15,16). The summed E-state index contributed by atoms with van der Waals surface area (Å²) in [7, 11) is -3.33. The topological polar surface area (TPSA) is 83.5 Å². The number of aryl methyl sites for hydroxylation is 1. The molecule has 0 heterocycles. The van der Waals surface area contributed by atoms with E-state index in [1.54, 1.807) is 24.3 Å². The molecule has 5 nitrogen and oxygen atoms in total. The lowest BCUT2D eigenvalue weighted by molar-refractivity contribution is -0.136. The maximum atomic E-state index is 11.9. The molecule has 0 amide bonds. The van der Waals surface area contributed by atoms with Crippen LogP contribution in [0.25, 0.3) is 0 Å². The molecule has 6 heteroatoms. The maximum absolute atomic E-state index is 11.9. The summed E-state index contributed by atoms with van der Waals surface area (Å²) >= 11 is 0. The van der Waals surface area contributed by atoms with E-state index in [2.05, 4.69) is 4.72 Å².